The lowest BCUT2D eigenvalue weighted by Crippen LogP contribution is -2.57. The van der Waals surface area contributed by atoms with Gasteiger partial charge in [-0.05, 0) is 62.8 Å². The van der Waals surface area contributed by atoms with E-state index in [4.69, 9.17) is 11.5 Å². The summed E-state index contributed by atoms with van der Waals surface area (Å²) in [5.74, 6) is -1.53. The molecule has 1 saturated heterocycles. The first-order chi connectivity index (χ1) is 16.3. The van der Waals surface area contributed by atoms with Gasteiger partial charge in [-0.1, -0.05) is 12.1 Å². The Balaban J connectivity index is 1.95. The zero-order valence-electron chi connectivity index (χ0n) is 19.2. The van der Waals surface area contributed by atoms with Gasteiger partial charge in [-0.25, -0.2) is 0 Å². The molecule has 34 heavy (non-hydrogen) atoms. The minimum Gasteiger partial charge on any atom is -0.508 e. The van der Waals surface area contributed by atoms with Crippen LogP contribution in [0.5, 0.6) is 5.75 Å². The summed E-state index contributed by atoms with van der Waals surface area (Å²) in [4.78, 5) is 50.9. The molecular formula is C23H35N5O6. The van der Waals surface area contributed by atoms with E-state index in [1.54, 1.807) is 12.1 Å². The van der Waals surface area contributed by atoms with E-state index in [9.17, 15) is 29.4 Å². The summed E-state index contributed by atoms with van der Waals surface area (Å²) in [6.07, 6.45) is 3.61. The van der Waals surface area contributed by atoms with Crippen LogP contribution < -0.4 is 22.1 Å². The van der Waals surface area contributed by atoms with Crippen molar-refractivity contribution in [1.29, 1.82) is 0 Å². The Morgan fingerprint density at radius 2 is 1.88 bits per heavy atom. The number of aliphatic hydroxyl groups is 1. The zero-order valence-corrected chi connectivity index (χ0v) is 19.2. The van der Waals surface area contributed by atoms with Gasteiger partial charge in [0, 0.05) is 6.54 Å². The van der Waals surface area contributed by atoms with Crippen molar-refractivity contribution in [2.45, 2.75) is 62.7 Å². The molecule has 1 aliphatic rings. The smallest absolute Gasteiger partial charge is 0.245 e. The summed E-state index contributed by atoms with van der Waals surface area (Å²) < 4.78 is 0. The number of carbonyl (C=O) groups excluding carboxylic acids is 4. The van der Waals surface area contributed by atoms with E-state index in [-0.39, 0.29) is 12.2 Å². The number of nitrogens with zero attached hydrogens (tertiary/aromatic N) is 1. The second kappa shape index (κ2) is 13.6. The maximum absolute atomic E-state index is 12.9. The zero-order chi connectivity index (χ0) is 25.1. The summed E-state index contributed by atoms with van der Waals surface area (Å²) in [7, 11) is 0. The quantitative estimate of drug-likeness (QED) is 0.147. The van der Waals surface area contributed by atoms with E-state index in [0.717, 1.165) is 5.56 Å². The first-order valence-corrected chi connectivity index (χ1v) is 11.5. The van der Waals surface area contributed by atoms with E-state index in [1.807, 2.05) is 0 Å². The van der Waals surface area contributed by atoms with Gasteiger partial charge in [0.05, 0.1) is 18.7 Å². The summed E-state index contributed by atoms with van der Waals surface area (Å²) in [5, 5.41) is 24.0. The van der Waals surface area contributed by atoms with Gasteiger partial charge in [0.25, 0.3) is 0 Å². The van der Waals surface area contributed by atoms with Gasteiger partial charge in [0.1, 0.15) is 24.1 Å². The fraction of sp³-hybridized carbons (Fsp3) is 0.565. The average Bonchev–Trinajstić information content (AvgIpc) is 3.32. The van der Waals surface area contributed by atoms with Crippen molar-refractivity contribution in [3.63, 3.8) is 0 Å². The topological polar surface area (TPSA) is 188 Å². The number of hydrogen-bond acceptors (Lipinski definition) is 8. The molecule has 0 bridgehead atoms. The Morgan fingerprint density at radius 3 is 2.50 bits per heavy atom. The maximum Gasteiger partial charge on any atom is 0.245 e. The Labute approximate surface area is 198 Å². The lowest BCUT2D eigenvalue weighted by atomic mass is 10.0. The molecule has 3 amide bonds. The number of rotatable bonds is 13. The number of hydrogen-bond donors (Lipinski definition) is 6. The lowest BCUT2D eigenvalue weighted by Gasteiger charge is -2.28. The number of nitrogens with one attached hydrogen (secondary N) is 2. The fourth-order valence-corrected chi connectivity index (χ4v) is 3.92. The van der Waals surface area contributed by atoms with Crippen LogP contribution in [0.3, 0.4) is 0 Å². The van der Waals surface area contributed by atoms with Crippen molar-refractivity contribution in [1.82, 2.24) is 15.5 Å². The Morgan fingerprint density at radius 1 is 1.18 bits per heavy atom. The molecular weight excluding hydrogens is 442 g/mol. The highest BCUT2D eigenvalue weighted by Crippen LogP contribution is 2.20. The van der Waals surface area contributed by atoms with Gasteiger partial charge in [0.15, 0.2) is 0 Å². The van der Waals surface area contributed by atoms with E-state index < -0.39 is 48.5 Å². The van der Waals surface area contributed by atoms with Crippen molar-refractivity contribution in [3.8, 4) is 5.75 Å². The predicted octanol–water partition coefficient (Wildman–Crippen LogP) is -1.46. The summed E-state index contributed by atoms with van der Waals surface area (Å²) in [6.45, 7) is 0.168. The van der Waals surface area contributed by atoms with E-state index in [0.29, 0.717) is 51.5 Å². The Bertz CT molecular complexity index is 834. The molecule has 1 fully saturated rings. The minimum absolute atomic E-state index is 0.109. The van der Waals surface area contributed by atoms with Crippen LogP contribution in [-0.2, 0) is 25.6 Å². The SMILES string of the molecule is NCCCC[C@@H](C=O)NC(=O)[C@H](CO)NC(=O)[C@@H]1CCCN1C(=O)[C@@H](N)Cc1ccc(O)cc1. The van der Waals surface area contributed by atoms with Crippen LogP contribution in [0.15, 0.2) is 24.3 Å². The molecule has 1 aromatic rings. The molecule has 1 aliphatic heterocycles. The summed E-state index contributed by atoms with van der Waals surface area (Å²) in [5.41, 5.74) is 12.3. The average molecular weight is 478 g/mol. The molecule has 0 saturated carbocycles. The van der Waals surface area contributed by atoms with Gasteiger partial charge < -0.3 is 42.0 Å². The number of likely N-dealkylation sites (tertiary alicyclic amines) is 1. The highest BCUT2D eigenvalue weighted by atomic mass is 16.3. The molecule has 1 aromatic carbocycles. The number of carbonyl (C=O) groups is 4. The van der Waals surface area contributed by atoms with Crippen molar-refractivity contribution in [2.75, 3.05) is 19.7 Å². The second-order valence-electron chi connectivity index (χ2n) is 8.45. The van der Waals surface area contributed by atoms with Gasteiger partial charge in [-0.15, -0.1) is 0 Å². The third-order valence-electron chi connectivity index (χ3n) is 5.82. The molecule has 1 heterocycles. The molecule has 0 aliphatic carbocycles. The number of benzene rings is 1. The number of phenols is 1. The first-order valence-electron chi connectivity index (χ1n) is 11.5. The first kappa shape index (κ1) is 27.2. The summed E-state index contributed by atoms with van der Waals surface area (Å²) >= 11 is 0. The molecule has 11 heteroatoms. The largest absolute Gasteiger partial charge is 0.508 e. The minimum atomic E-state index is -1.26. The van der Waals surface area contributed by atoms with Crippen molar-refractivity contribution >= 4 is 24.0 Å². The fourth-order valence-electron chi connectivity index (χ4n) is 3.92. The predicted molar refractivity (Wildman–Crippen MR) is 124 cm³/mol. The van der Waals surface area contributed by atoms with Gasteiger partial charge in [-0.2, -0.15) is 0 Å². The number of aliphatic hydroxyl groups excluding tert-OH is 1. The molecule has 0 radical (unpaired) electrons. The molecule has 188 valence electrons. The number of amides is 3. The molecule has 0 spiro atoms. The van der Waals surface area contributed by atoms with Gasteiger partial charge in [-0.3, -0.25) is 14.4 Å². The molecule has 2 rings (SSSR count). The Kier molecular flexibility index (Phi) is 10.9. The van der Waals surface area contributed by atoms with Crippen LogP contribution in [0, 0.1) is 0 Å². The Hall–Kier alpha value is -3.02. The van der Waals surface area contributed by atoms with Crippen LogP contribution in [0.2, 0.25) is 0 Å². The summed E-state index contributed by atoms with van der Waals surface area (Å²) in [6, 6.07) is 2.66. The highest BCUT2D eigenvalue weighted by Gasteiger charge is 2.37. The monoisotopic (exact) mass is 477 g/mol. The van der Waals surface area contributed by atoms with E-state index in [2.05, 4.69) is 10.6 Å². The number of nitrogens with two attached hydrogens (primary N) is 2. The van der Waals surface area contributed by atoms with Crippen LogP contribution in [-0.4, -0.2) is 83.0 Å². The number of aromatic hydroxyl groups is 1. The molecule has 4 atom stereocenters. The molecule has 8 N–H and O–H groups in total. The van der Waals surface area contributed by atoms with Crippen LogP contribution in [0.1, 0.15) is 37.7 Å². The number of aldehydes is 1. The molecule has 0 unspecified atom stereocenters. The number of phenolic OH excluding ortho intramolecular Hbond substituents is 1. The number of unbranched alkanes of at least 4 members (excludes halogenated alkanes) is 1. The van der Waals surface area contributed by atoms with Gasteiger partial charge >= 0.3 is 0 Å². The van der Waals surface area contributed by atoms with Crippen LogP contribution >= 0.6 is 0 Å². The molecule has 0 aromatic heterocycles. The van der Waals surface area contributed by atoms with Crippen LogP contribution in [0.25, 0.3) is 0 Å². The van der Waals surface area contributed by atoms with Crippen molar-refractivity contribution in [3.05, 3.63) is 29.8 Å². The normalized spacial score (nSPS) is 18.1. The maximum atomic E-state index is 12.9. The van der Waals surface area contributed by atoms with Crippen molar-refractivity contribution < 1.29 is 29.4 Å². The third-order valence-corrected chi connectivity index (χ3v) is 5.82. The highest BCUT2D eigenvalue weighted by molar-refractivity contribution is 5.94. The third kappa shape index (κ3) is 7.79. The lowest BCUT2D eigenvalue weighted by molar-refractivity contribution is -0.140. The standard InChI is InChI=1S/C23H35N5O6/c24-10-2-1-4-16(13-29)26-21(32)19(14-30)27-22(33)20-5-3-11-28(20)23(34)18(25)12-15-6-8-17(31)9-7-15/h6-9,13,16,18-20,30-31H,1-5,10-12,14,24-25H2,(H,26,32)(H,27,33)/t16-,18-,19-,20-/m0/s1. The van der Waals surface area contributed by atoms with E-state index in [1.165, 1.54) is 17.0 Å². The second-order valence-corrected chi connectivity index (χ2v) is 8.45. The van der Waals surface area contributed by atoms with E-state index >= 15 is 0 Å². The van der Waals surface area contributed by atoms with Crippen LogP contribution in [0.4, 0.5) is 0 Å². The van der Waals surface area contributed by atoms with Gasteiger partial charge in [0.2, 0.25) is 17.7 Å². The van der Waals surface area contributed by atoms with Crippen molar-refractivity contribution in [2.24, 2.45) is 11.5 Å². The molecule has 11 nitrogen and oxygen atoms in total.